The van der Waals surface area contributed by atoms with Gasteiger partial charge in [0.1, 0.15) is 11.6 Å². The number of halogens is 1. The molecule has 1 saturated heterocycles. The lowest BCUT2D eigenvalue weighted by Gasteiger charge is -2.36. The van der Waals surface area contributed by atoms with Crippen LogP contribution in [0.5, 0.6) is 5.75 Å². The predicted molar refractivity (Wildman–Crippen MR) is 119 cm³/mol. The minimum atomic E-state index is -0.406. The van der Waals surface area contributed by atoms with E-state index in [1.807, 2.05) is 31.2 Å². The minimum absolute atomic E-state index is 0.167. The predicted octanol–water partition coefficient (Wildman–Crippen LogP) is 4.62. The molecule has 32 heavy (non-hydrogen) atoms. The minimum Gasteiger partial charge on any atom is -0.468 e. The average molecular weight is 442 g/mol. The number of nitrogens with zero attached hydrogens (tertiary/aromatic N) is 2. The number of hydrogen-bond donors (Lipinski definition) is 2. The van der Waals surface area contributed by atoms with Crippen LogP contribution in [-0.2, 0) is 10.2 Å². The lowest BCUT2D eigenvalue weighted by molar-refractivity contribution is 0.0157. The van der Waals surface area contributed by atoms with Crippen molar-refractivity contribution >= 4 is 16.7 Å². The molecule has 0 radical (unpaired) electrons. The van der Waals surface area contributed by atoms with Crippen molar-refractivity contribution in [1.29, 1.82) is 0 Å². The molecule has 0 saturated carbocycles. The highest BCUT2D eigenvalue weighted by molar-refractivity contribution is 6.01. The molecule has 0 aliphatic carbocycles. The summed E-state index contributed by atoms with van der Waals surface area (Å²) in [5, 5.41) is 22.1. The molecule has 1 aliphatic heterocycles. The van der Waals surface area contributed by atoms with Crippen LogP contribution < -0.4 is 10.1 Å². The molecule has 0 atom stereocenters. The zero-order valence-electron chi connectivity index (χ0n) is 18.1. The van der Waals surface area contributed by atoms with E-state index in [2.05, 4.69) is 15.6 Å². The van der Waals surface area contributed by atoms with E-state index in [4.69, 9.17) is 14.0 Å². The van der Waals surface area contributed by atoms with E-state index < -0.39 is 5.41 Å². The molecule has 170 valence electrons. The van der Waals surface area contributed by atoms with Gasteiger partial charge >= 0.3 is 0 Å². The van der Waals surface area contributed by atoms with Gasteiger partial charge in [-0.25, -0.2) is 4.39 Å². The zero-order chi connectivity index (χ0) is 22.4. The Morgan fingerprint density at radius 2 is 2.09 bits per heavy atom. The fourth-order valence-corrected chi connectivity index (χ4v) is 4.29. The number of piperidine rings is 1. The van der Waals surface area contributed by atoms with Crippen molar-refractivity contribution in [2.45, 2.75) is 38.0 Å². The number of fused-ring (bicyclic) bond motifs is 1. The molecule has 2 N–H and O–H groups in total. The van der Waals surface area contributed by atoms with Crippen LogP contribution in [-0.4, -0.2) is 42.6 Å². The molecule has 2 aromatic carbocycles. The molecule has 1 aromatic heterocycles. The number of nitrogens with one attached hydrogen (secondary N) is 1. The van der Waals surface area contributed by atoms with Gasteiger partial charge in [-0.15, -0.1) is 0 Å². The van der Waals surface area contributed by atoms with Gasteiger partial charge in [-0.2, -0.15) is 0 Å². The highest BCUT2D eigenvalue weighted by atomic mass is 19.1. The van der Waals surface area contributed by atoms with Crippen LogP contribution in [0.4, 0.5) is 4.39 Å². The summed E-state index contributed by atoms with van der Waals surface area (Å²) >= 11 is 0. The van der Waals surface area contributed by atoms with E-state index in [9.17, 15) is 9.60 Å². The van der Waals surface area contributed by atoms with E-state index in [1.54, 1.807) is 6.07 Å². The normalized spacial score (nSPS) is 16.4. The SMILES string of the molecule is CCCOCOc1cccc(C(CC2(c3noc4cc(F)ccc34)CCNCC2)=NO)c1. The van der Waals surface area contributed by atoms with Crippen molar-refractivity contribution in [3.05, 3.63) is 59.5 Å². The third-order valence-electron chi connectivity index (χ3n) is 5.95. The lowest BCUT2D eigenvalue weighted by atomic mass is 9.70. The van der Waals surface area contributed by atoms with Crippen LogP contribution in [0, 0.1) is 5.82 Å². The Hall–Kier alpha value is -2.97. The summed E-state index contributed by atoms with van der Waals surface area (Å²) in [5.41, 5.74) is 2.08. The first-order valence-corrected chi connectivity index (χ1v) is 10.9. The second-order valence-corrected chi connectivity index (χ2v) is 8.12. The van der Waals surface area contributed by atoms with E-state index in [0.717, 1.165) is 49.0 Å². The molecular formula is C24H28FN3O4. The van der Waals surface area contributed by atoms with Crippen LogP contribution in [0.25, 0.3) is 11.0 Å². The summed E-state index contributed by atoms with van der Waals surface area (Å²) in [5.74, 6) is 0.276. The van der Waals surface area contributed by atoms with Gasteiger partial charge in [0.05, 0.1) is 18.0 Å². The Morgan fingerprint density at radius 3 is 2.88 bits per heavy atom. The second kappa shape index (κ2) is 10.1. The van der Waals surface area contributed by atoms with Gasteiger partial charge in [0, 0.05) is 28.9 Å². The summed E-state index contributed by atoms with van der Waals surface area (Å²) in [4.78, 5) is 0. The number of hydrogen-bond acceptors (Lipinski definition) is 7. The first-order chi connectivity index (χ1) is 15.6. The van der Waals surface area contributed by atoms with Gasteiger partial charge in [-0.05, 0) is 56.6 Å². The highest BCUT2D eigenvalue weighted by Gasteiger charge is 2.40. The second-order valence-electron chi connectivity index (χ2n) is 8.12. The molecule has 1 aliphatic rings. The quantitative estimate of drug-likeness (QED) is 0.166. The standard InChI is InChI=1S/C24H28FN3O4/c1-2-12-30-16-31-19-5-3-4-17(13-19)21(27-29)15-24(8-10-26-11-9-24)23-20-7-6-18(25)14-22(20)32-28-23/h3-7,13-14,26,29H,2,8-12,15-16H2,1H3. The van der Waals surface area contributed by atoms with Gasteiger partial charge in [-0.1, -0.05) is 29.4 Å². The van der Waals surface area contributed by atoms with Gasteiger partial charge in [0.2, 0.25) is 0 Å². The summed E-state index contributed by atoms with van der Waals surface area (Å²) in [7, 11) is 0. The maximum atomic E-state index is 13.7. The molecule has 3 aromatic rings. The molecule has 7 nitrogen and oxygen atoms in total. The van der Waals surface area contributed by atoms with Gasteiger partial charge in [0.25, 0.3) is 0 Å². The fourth-order valence-electron chi connectivity index (χ4n) is 4.29. The van der Waals surface area contributed by atoms with Crippen LogP contribution in [0.3, 0.4) is 0 Å². The van der Waals surface area contributed by atoms with Crippen molar-refractivity contribution in [3.8, 4) is 5.75 Å². The zero-order valence-corrected chi connectivity index (χ0v) is 18.1. The first kappa shape index (κ1) is 22.2. The third kappa shape index (κ3) is 4.76. The van der Waals surface area contributed by atoms with Crippen LogP contribution in [0.2, 0.25) is 0 Å². The Labute approximate surface area is 186 Å². The Morgan fingerprint density at radius 1 is 1.25 bits per heavy atom. The van der Waals surface area contributed by atoms with Crippen LogP contribution in [0.1, 0.15) is 43.9 Å². The van der Waals surface area contributed by atoms with E-state index >= 15 is 0 Å². The maximum absolute atomic E-state index is 13.7. The van der Waals surface area contributed by atoms with E-state index in [0.29, 0.717) is 30.1 Å². The molecule has 0 spiro atoms. The van der Waals surface area contributed by atoms with Crippen molar-refractivity contribution in [2.75, 3.05) is 26.5 Å². The number of oxime groups is 1. The molecule has 4 rings (SSSR count). The summed E-state index contributed by atoms with van der Waals surface area (Å²) in [6.45, 7) is 4.43. The monoisotopic (exact) mass is 441 g/mol. The van der Waals surface area contributed by atoms with Crippen molar-refractivity contribution < 1.29 is 23.6 Å². The molecule has 0 amide bonds. The lowest BCUT2D eigenvalue weighted by Crippen LogP contribution is -2.42. The first-order valence-electron chi connectivity index (χ1n) is 10.9. The van der Waals surface area contributed by atoms with Crippen molar-refractivity contribution in [2.24, 2.45) is 5.16 Å². The topological polar surface area (TPSA) is 89.1 Å². The highest BCUT2D eigenvalue weighted by Crippen LogP contribution is 2.41. The maximum Gasteiger partial charge on any atom is 0.189 e. The summed E-state index contributed by atoms with van der Waals surface area (Å²) < 4.78 is 30.2. The van der Waals surface area contributed by atoms with Crippen molar-refractivity contribution in [3.63, 3.8) is 0 Å². The Kier molecular flexibility index (Phi) is 7.02. The number of aromatic nitrogens is 1. The number of benzene rings is 2. The molecule has 8 heteroatoms. The van der Waals surface area contributed by atoms with Crippen LogP contribution >= 0.6 is 0 Å². The smallest absolute Gasteiger partial charge is 0.189 e. The molecule has 2 heterocycles. The molecule has 1 fully saturated rings. The third-order valence-corrected chi connectivity index (χ3v) is 5.95. The average Bonchev–Trinajstić information content (AvgIpc) is 3.25. The number of ether oxygens (including phenoxy) is 2. The van der Waals surface area contributed by atoms with Gasteiger partial charge < -0.3 is 24.5 Å². The van der Waals surface area contributed by atoms with Gasteiger partial charge in [-0.3, -0.25) is 0 Å². The van der Waals surface area contributed by atoms with E-state index in [-0.39, 0.29) is 12.6 Å². The van der Waals surface area contributed by atoms with Gasteiger partial charge in [0.15, 0.2) is 12.4 Å². The summed E-state index contributed by atoms with van der Waals surface area (Å²) in [6, 6.07) is 11.9. The molecule has 0 bridgehead atoms. The van der Waals surface area contributed by atoms with Crippen LogP contribution in [0.15, 0.2) is 52.1 Å². The largest absolute Gasteiger partial charge is 0.468 e. The fraction of sp³-hybridized carbons (Fsp3) is 0.417. The van der Waals surface area contributed by atoms with Crippen molar-refractivity contribution in [1.82, 2.24) is 10.5 Å². The Balaban J connectivity index is 1.62. The molecular weight excluding hydrogens is 413 g/mol. The molecule has 0 unspecified atom stereocenters. The summed E-state index contributed by atoms with van der Waals surface area (Å²) in [6.07, 6.45) is 2.95. The Bertz CT molecular complexity index is 1080. The number of rotatable bonds is 9. The van der Waals surface area contributed by atoms with E-state index in [1.165, 1.54) is 12.1 Å².